The van der Waals surface area contributed by atoms with Gasteiger partial charge in [0, 0.05) is 11.3 Å². The van der Waals surface area contributed by atoms with Crippen molar-refractivity contribution in [2.45, 2.75) is 32.9 Å². The molecule has 1 amide bonds. The molecule has 1 fully saturated rings. The summed E-state index contributed by atoms with van der Waals surface area (Å²) in [6, 6.07) is 16.0. The second-order valence-corrected chi connectivity index (χ2v) is 7.81. The molecule has 2 aromatic carbocycles. The van der Waals surface area contributed by atoms with Crippen molar-refractivity contribution in [1.82, 2.24) is 0 Å². The predicted octanol–water partition coefficient (Wildman–Crippen LogP) is 5.09. The number of furan rings is 1. The van der Waals surface area contributed by atoms with Gasteiger partial charge in [-0.1, -0.05) is 12.1 Å². The van der Waals surface area contributed by atoms with Crippen molar-refractivity contribution in [3.63, 3.8) is 0 Å². The number of ether oxygens (including phenoxy) is 2. The summed E-state index contributed by atoms with van der Waals surface area (Å²) in [6.07, 6.45) is 1.40. The molecule has 7 nitrogen and oxygen atoms in total. The lowest BCUT2D eigenvalue weighted by Crippen LogP contribution is -2.29. The molecule has 1 N–H and O–H groups in total. The summed E-state index contributed by atoms with van der Waals surface area (Å²) in [4.78, 5) is 27.6. The van der Waals surface area contributed by atoms with E-state index in [-0.39, 0.29) is 17.4 Å². The van der Waals surface area contributed by atoms with Crippen LogP contribution < -0.4 is 14.4 Å². The fourth-order valence-electron chi connectivity index (χ4n) is 3.83. The molecule has 0 saturated carbocycles. The summed E-state index contributed by atoms with van der Waals surface area (Å²) in [5.74, 6) is -0.287. The maximum Gasteiger partial charge on any atom is 0.300 e. The quantitative estimate of drug-likeness (QED) is 0.308. The largest absolute Gasteiger partial charge is 0.507 e. The highest BCUT2D eigenvalue weighted by Crippen LogP contribution is 2.42. The smallest absolute Gasteiger partial charge is 0.300 e. The zero-order chi connectivity index (χ0) is 23.5. The second kappa shape index (κ2) is 9.24. The van der Waals surface area contributed by atoms with Gasteiger partial charge in [0.25, 0.3) is 11.7 Å². The zero-order valence-electron chi connectivity index (χ0n) is 18.6. The van der Waals surface area contributed by atoms with Gasteiger partial charge >= 0.3 is 0 Å². The first-order valence-corrected chi connectivity index (χ1v) is 10.7. The van der Waals surface area contributed by atoms with Crippen molar-refractivity contribution >= 4 is 23.1 Å². The number of carbonyl (C=O) groups is 2. The van der Waals surface area contributed by atoms with Gasteiger partial charge in [-0.3, -0.25) is 14.5 Å². The lowest BCUT2D eigenvalue weighted by Gasteiger charge is -2.23. The molecule has 1 aliphatic rings. The highest BCUT2D eigenvalue weighted by atomic mass is 16.5. The third-order valence-electron chi connectivity index (χ3n) is 5.16. The van der Waals surface area contributed by atoms with Crippen molar-refractivity contribution in [3.8, 4) is 11.5 Å². The van der Waals surface area contributed by atoms with E-state index in [4.69, 9.17) is 13.9 Å². The lowest BCUT2D eigenvalue weighted by atomic mass is 9.99. The van der Waals surface area contributed by atoms with Crippen LogP contribution in [0.4, 0.5) is 5.69 Å². The molecule has 0 spiro atoms. The van der Waals surface area contributed by atoms with Crippen molar-refractivity contribution in [2.24, 2.45) is 0 Å². The van der Waals surface area contributed by atoms with Crippen molar-refractivity contribution < 1.29 is 28.6 Å². The molecule has 0 aliphatic carbocycles. The van der Waals surface area contributed by atoms with Gasteiger partial charge < -0.3 is 19.0 Å². The number of benzene rings is 2. The van der Waals surface area contributed by atoms with E-state index in [9.17, 15) is 14.7 Å². The summed E-state index contributed by atoms with van der Waals surface area (Å²) in [5, 5.41) is 11.2. The van der Waals surface area contributed by atoms with Gasteiger partial charge in [0.2, 0.25) is 0 Å². The van der Waals surface area contributed by atoms with Gasteiger partial charge in [0.15, 0.2) is 0 Å². The minimum absolute atomic E-state index is 0.0504. The predicted molar refractivity (Wildman–Crippen MR) is 123 cm³/mol. The molecule has 0 radical (unpaired) electrons. The zero-order valence-corrected chi connectivity index (χ0v) is 18.6. The molecular formula is C26H25NO6. The van der Waals surface area contributed by atoms with Gasteiger partial charge in [0.1, 0.15) is 29.1 Å². The number of aliphatic hydroxyl groups excluding tert-OH is 1. The van der Waals surface area contributed by atoms with E-state index in [1.807, 2.05) is 20.8 Å². The van der Waals surface area contributed by atoms with E-state index >= 15 is 0 Å². The Morgan fingerprint density at radius 1 is 1.06 bits per heavy atom. The Kier molecular flexibility index (Phi) is 6.22. The number of ketones is 1. The van der Waals surface area contributed by atoms with Crippen LogP contribution in [0.15, 0.2) is 76.9 Å². The highest BCUT2D eigenvalue weighted by molar-refractivity contribution is 6.51. The molecule has 2 heterocycles. The molecule has 170 valence electrons. The van der Waals surface area contributed by atoms with E-state index in [1.54, 1.807) is 60.7 Å². The molecule has 3 aromatic rings. The number of rotatable bonds is 7. The first kappa shape index (κ1) is 22.2. The van der Waals surface area contributed by atoms with Crippen LogP contribution >= 0.6 is 0 Å². The summed E-state index contributed by atoms with van der Waals surface area (Å²) in [5.41, 5.74) is 0.804. The van der Waals surface area contributed by atoms with Gasteiger partial charge in [0.05, 0.1) is 24.5 Å². The van der Waals surface area contributed by atoms with E-state index in [0.717, 1.165) is 0 Å². The van der Waals surface area contributed by atoms with E-state index < -0.39 is 17.7 Å². The minimum Gasteiger partial charge on any atom is -0.507 e. The SMILES string of the molecule is CCOc1ccc(N2C(=O)C(=O)/C(=C(\O)c3cccc(OC(C)C)c3)C2c2ccco2)cc1. The second-order valence-electron chi connectivity index (χ2n) is 7.81. The number of amides is 1. The number of Topliss-reactive ketones (excluding diaryl/α,β-unsaturated/α-hetero) is 1. The molecule has 7 heteroatoms. The van der Waals surface area contributed by atoms with Gasteiger partial charge in [-0.05, 0) is 69.3 Å². The van der Waals surface area contributed by atoms with Gasteiger partial charge in [-0.25, -0.2) is 0 Å². The molecule has 1 saturated heterocycles. The minimum atomic E-state index is -0.924. The summed E-state index contributed by atoms with van der Waals surface area (Å²) in [7, 11) is 0. The van der Waals surface area contributed by atoms with Crippen molar-refractivity contribution in [2.75, 3.05) is 11.5 Å². The maximum atomic E-state index is 13.1. The van der Waals surface area contributed by atoms with Crippen LogP contribution in [-0.4, -0.2) is 29.5 Å². The van der Waals surface area contributed by atoms with Crippen molar-refractivity contribution in [1.29, 1.82) is 0 Å². The van der Waals surface area contributed by atoms with Crippen LogP contribution in [0.2, 0.25) is 0 Å². The van der Waals surface area contributed by atoms with Gasteiger partial charge in [-0.2, -0.15) is 0 Å². The summed E-state index contributed by atoms with van der Waals surface area (Å²) < 4.78 is 16.8. The average molecular weight is 447 g/mol. The first-order valence-electron chi connectivity index (χ1n) is 10.7. The van der Waals surface area contributed by atoms with Gasteiger partial charge in [-0.15, -0.1) is 0 Å². The summed E-state index contributed by atoms with van der Waals surface area (Å²) in [6.45, 7) is 6.18. The molecular weight excluding hydrogens is 422 g/mol. The standard InChI is InChI=1S/C26H25NO6/c1-4-31-19-12-10-18(11-13-19)27-23(21-9-6-14-32-21)22(25(29)26(27)30)24(28)17-7-5-8-20(15-17)33-16(2)3/h5-16,23,28H,4H2,1-3H3/b24-22-. The number of nitrogens with zero attached hydrogens (tertiary/aromatic N) is 1. The molecule has 4 rings (SSSR count). The molecule has 1 aliphatic heterocycles. The number of hydrogen-bond donors (Lipinski definition) is 1. The maximum absolute atomic E-state index is 13.1. The Bertz CT molecular complexity index is 1180. The molecule has 33 heavy (non-hydrogen) atoms. The Hall–Kier alpha value is -4.00. The van der Waals surface area contributed by atoms with Crippen LogP contribution in [0.5, 0.6) is 11.5 Å². The Balaban J connectivity index is 1.82. The molecule has 0 bridgehead atoms. The Morgan fingerprint density at radius 3 is 2.45 bits per heavy atom. The van der Waals surface area contributed by atoms with Crippen LogP contribution in [0.1, 0.15) is 38.1 Å². The lowest BCUT2D eigenvalue weighted by molar-refractivity contribution is -0.132. The van der Waals surface area contributed by atoms with E-state index in [2.05, 4.69) is 0 Å². The first-order chi connectivity index (χ1) is 15.9. The highest BCUT2D eigenvalue weighted by Gasteiger charge is 2.48. The fraction of sp³-hybridized carbons (Fsp3) is 0.231. The topological polar surface area (TPSA) is 89.2 Å². The number of anilines is 1. The van der Waals surface area contributed by atoms with E-state index in [0.29, 0.717) is 35.1 Å². The fourth-order valence-corrected chi connectivity index (χ4v) is 3.83. The Labute approximate surface area is 191 Å². The van der Waals surface area contributed by atoms with Crippen LogP contribution in [0.25, 0.3) is 5.76 Å². The van der Waals surface area contributed by atoms with E-state index in [1.165, 1.54) is 11.2 Å². The van der Waals surface area contributed by atoms with Crippen molar-refractivity contribution in [3.05, 3.63) is 83.8 Å². The van der Waals surface area contributed by atoms with Crippen LogP contribution in [-0.2, 0) is 9.59 Å². The Morgan fingerprint density at radius 2 is 1.82 bits per heavy atom. The van der Waals surface area contributed by atoms with Crippen LogP contribution in [0, 0.1) is 0 Å². The third-order valence-corrected chi connectivity index (χ3v) is 5.16. The van der Waals surface area contributed by atoms with Crippen LogP contribution in [0.3, 0.4) is 0 Å². The normalized spacial score (nSPS) is 17.6. The molecule has 1 atom stereocenters. The molecule has 1 aromatic heterocycles. The number of hydrogen-bond acceptors (Lipinski definition) is 6. The average Bonchev–Trinajstić information content (AvgIpc) is 3.41. The number of aliphatic hydroxyl groups is 1. The summed E-state index contributed by atoms with van der Waals surface area (Å²) >= 11 is 0. The number of carbonyl (C=O) groups excluding carboxylic acids is 2. The third kappa shape index (κ3) is 4.35. The molecule has 1 unspecified atom stereocenters. The monoisotopic (exact) mass is 447 g/mol.